The van der Waals surface area contributed by atoms with Gasteiger partial charge in [-0.3, -0.25) is 4.79 Å². The number of ether oxygens (including phenoxy) is 2. The van der Waals surface area contributed by atoms with Crippen LogP contribution in [0, 0.1) is 6.92 Å². The van der Waals surface area contributed by atoms with Crippen molar-refractivity contribution in [1.82, 2.24) is 4.57 Å². The Bertz CT molecular complexity index is 1000. The smallest absolute Gasteiger partial charge is 0.201 e. The molecular formula is C17H17NO5. The summed E-state index contributed by atoms with van der Waals surface area (Å²) >= 11 is 0. The van der Waals surface area contributed by atoms with Gasteiger partial charge in [-0.2, -0.15) is 0 Å². The number of nitrogens with zero attached hydrogens (tertiary/aromatic N) is 1. The van der Waals surface area contributed by atoms with Crippen LogP contribution in [0.2, 0.25) is 0 Å². The van der Waals surface area contributed by atoms with Gasteiger partial charge in [0.05, 0.1) is 30.5 Å². The van der Waals surface area contributed by atoms with E-state index in [1.807, 2.05) is 6.92 Å². The fraction of sp³-hybridized carbons (Fsp3) is 0.235. The van der Waals surface area contributed by atoms with Crippen molar-refractivity contribution in [1.29, 1.82) is 0 Å². The van der Waals surface area contributed by atoms with E-state index >= 15 is 0 Å². The molecule has 0 aliphatic carbocycles. The van der Waals surface area contributed by atoms with Crippen molar-refractivity contribution in [3.8, 4) is 23.0 Å². The van der Waals surface area contributed by atoms with E-state index in [4.69, 9.17) is 9.47 Å². The SMILES string of the molecule is COc1c(C)ccc2c(=O)c3c(O)cc(O)c(OC)c3n(C)c12. The summed E-state index contributed by atoms with van der Waals surface area (Å²) in [6.07, 6.45) is 0. The molecule has 0 bridgehead atoms. The highest BCUT2D eigenvalue weighted by Crippen LogP contribution is 2.41. The number of fused-ring (bicyclic) bond motifs is 2. The van der Waals surface area contributed by atoms with Crippen LogP contribution in [0.3, 0.4) is 0 Å². The first kappa shape index (κ1) is 15.0. The van der Waals surface area contributed by atoms with E-state index < -0.39 is 0 Å². The normalized spacial score (nSPS) is 11.1. The van der Waals surface area contributed by atoms with Crippen molar-refractivity contribution < 1.29 is 19.7 Å². The molecule has 0 saturated heterocycles. The first-order valence-corrected chi connectivity index (χ1v) is 7.01. The molecule has 120 valence electrons. The van der Waals surface area contributed by atoms with Gasteiger partial charge in [-0.05, 0) is 18.6 Å². The van der Waals surface area contributed by atoms with Gasteiger partial charge >= 0.3 is 0 Å². The van der Waals surface area contributed by atoms with Crippen molar-refractivity contribution in [3.63, 3.8) is 0 Å². The third-order valence-corrected chi connectivity index (χ3v) is 4.09. The molecule has 0 amide bonds. The molecular weight excluding hydrogens is 298 g/mol. The highest BCUT2D eigenvalue weighted by Gasteiger charge is 2.21. The van der Waals surface area contributed by atoms with Gasteiger partial charge in [-0.1, -0.05) is 6.07 Å². The minimum atomic E-state index is -0.345. The number of hydrogen-bond donors (Lipinski definition) is 2. The summed E-state index contributed by atoms with van der Waals surface area (Å²) in [4.78, 5) is 12.9. The van der Waals surface area contributed by atoms with E-state index in [-0.39, 0.29) is 28.1 Å². The quantitative estimate of drug-likeness (QED) is 0.710. The summed E-state index contributed by atoms with van der Waals surface area (Å²) in [6.45, 7) is 1.88. The fourth-order valence-corrected chi connectivity index (χ4v) is 3.06. The first-order valence-electron chi connectivity index (χ1n) is 7.01. The lowest BCUT2D eigenvalue weighted by molar-refractivity contribution is 0.373. The predicted octanol–water partition coefficient (Wildman–Crippen LogP) is 2.43. The molecule has 0 spiro atoms. The predicted molar refractivity (Wildman–Crippen MR) is 87.9 cm³/mol. The molecule has 23 heavy (non-hydrogen) atoms. The number of aryl methyl sites for hydroxylation is 2. The van der Waals surface area contributed by atoms with Crippen molar-refractivity contribution >= 4 is 21.8 Å². The minimum absolute atomic E-state index is 0.0977. The largest absolute Gasteiger partial charge is 0.507 e. The molecule has 0 unspecified atom stereocenters. The van der Waals surface area contributed by atoms with E-state index in [1.165, 1.54) is 14.2 Å². The van der Waals surface area contributed by atoms with Gasteiger partial charge in [-0.15, -0.1) is 0 Å². The standard InChI is InChI=1S/C17H17NO5/c1-8-5-6-9-13(16(8)22-3)18(2)14-12(15(9)21)10(19)7-11(20)17(14)23-4/h5-7,19-20H,1-4H3. The maximum atomic E-state index is 12.9. The summed E-state index contributed by atoms with van der Waals surface area (Å²) in [5.74, 6) is 0.163. The second kappa shape index (κ2) is 5.08. The Morgan fingerprint density at radius 2 is 1.65 bits per heavy atom. The van der Waals surface area contributed by atoms with Crippen LogP contribution >= 0.6 is 0 Å². The second-order valence-electron chi connectivity index (χ2n) is 5.37. The number of phenolic OH excluding ortho intramolecular Hbond substituents is 2. The highest BCUT2D eigenvalue weighted by molar-refractivity contribution is 6.02. The van der Waals surface area contributed by atoms with Crippen LogP contribution in [0.1, 0.15) is 5.56 Å². The Morgan fingerprint density at radius 3 is 2.26 bits per heavy atom. The highest BCUT2D eigenvalue weighted by atomic mass is 16.5. The van der Waals surface area contributed by atoms with Crippen molar-refractivity contribution in [2.75, 3.05) is 14.2 Å². The molecule has 0 aliphatic rings. The van der Waals surface area contributed by atoms with E-state index in [0.717, 1.165) is 11.6 Å². The van der Waals surface area contributed by atoms with Gasteiger partial charge in [0.1, 0.15) is 17.0 Å². The number of pyridine rings is 1. The molecule has 0 aliphatic heterocycles. The Morgan fingerprint density at radius 1 is 1.00 bits per heavy atom. The van der Waals surface area contributed by atoms with Gasteiger partial charge < -0.3 is 24.3 Å². The molecule has 3 rings (SSSR count). The minimum Gasteiger partial charge on any atom is -0.507 e. The zero-order valence-electron chi connectivity index (χ0n) is 13.3. The molecule has 6 nitrogen and oxygen atoms in total. The number of rotatable bonds is 2. The van der Waals surface area contributed by atoms with Gasteiger partial charge in [-0.25, -0.2) is 0 Å². The number of phenols is 2. The average Bonchev–Trinajstić information content (AvgIpc) is 2.51. The van der Waals surface area contributed by atoms with Crippen LogP contribution in [-0.2, 0) is 7.05 Å². The average molecular weight is 315 g/mol. The molecule has 0 atom stereocenters. The van der Waals surface area contributed by atoms with Crippen molar-refractivity contribution in [2.24, 2.45) is 7.05 Å². The molecule has 0 radical (unpaired) electrons. The van der Waals surface area contributed by atoms with Gasteiger partial charge in [0, 0.05) is 13.1 Å². The number of benzene rings is 2. The lowest BCUT2D eigenvalue weighted by Crippen LogP contribution is -2.12. The van der Waals surface area contributed by atoms with Crippen LogP contribution in [0.4, 0.5) is 0 Å². The summed E-state index contributed by atoms with van der Waals surface area (Å²) in [7, 11) is 4.66. The Kier molecular flexibility index (Phi) is 3.32. The monoisotopic (exact) mass is 315 g/mol. The molecule has 0 saturated carbocycles. The summed E-state index contributed by atoms with van der Waals surface area (Å²) in [5, 5.41) is 20.7. The third kappa shape index (κ3) is 1.91. The number of hydrogen-bond acceptors (Lipinski definition) is 5. The van der Waals surface area contributed by atoms with Crippen LogP contribution < -0.4 is 14.9 Å². The Balaban J connectivity index is 2.74. The van der Waals surface area contributed by atoms with Crippen LogP contribution in [0.15, 0.2) is 23.0 Å². The van der Waals surface area contributed by atoms with Gasteiger partial charge in [0.15, 0.2) is 11.5 Å². The zero-order chi connectivity index (χ0) is 16.9. The summed E-state index contributed by atoms with van der Waals surface area (Å²) in [5.41, 5.74) is 1.42. The number of aromatic hydroxyl groups is 2. The molecule has 2 aromatic carbocycles. The maximum absolute atomic E-state index is 12.9. The van der Waals surface area contributed by atoms with E-state index in [1.54, 1.807) is 23.7 Å². The molecule has 6 heteroatoms. The van der Waals surface area contributed by atoms with Gasteiger partial charge in [0.2, 0.25) is 5.43 Å². The molecule has 1 heterocycles. The zero-order valence-corrected chi connectivity index (χ0v) is 13.3. The summed E-state index contributed by atoms with van der Waals surface area (Å²) < 4.78 is 12.4. The van der Waals surface area contributed by atoms with Crippen molar-refractivity contribution in [2.45, 2.75) is 6.92 Å². The molecule has 0 fully saturated rings. The number of aromatic nitrogens is 1. The maximum Gasteiger partial charge on any atom is 0.201 e. The van der Waals surface area contributed by atoms with Crippen molar-refractivity contribution in [3.05, 3.63) is 34.0 Å². The fourth-order valence-electron chi connectivity index (χ4n) is 3.06. The molecule has 3 aromatic rings. The topological polar surface area (TPSA) is 80.9 Å². The van der Waals surface area contributed by atoms with Gasteiger partial charge in [0.25, 0.3) is 0 Å². The summed E-state index contributed by atoms with van der Waals surface area (Å²) in [6, 6.07) is 4.61. The van der Waals surface area contributed by atoms with E-state index in [0.29, 0.717) is 22.2 Å². The van der Waals surface area contributed by atoms with E-state index in [2.05, 4.69) is 0 Å². The lowest BCUT2D eigenvalue weighted by atomic mass is 10.0. The van der Waals surface area contributed by atoms with Crippen LogP contribution in [0.25, 0.3) is 21.8 Å². The molecule has 1 aromatic heterocycles. The third-order valence-electron chi connectivity index (χ3n) is 4.09. The van der Waals surface area contributed by atoms with E-state index in [9.17, 15) is 15.0 Å². The van der Waals surface area contributed by atoms with Crippen LogP contribution in [-0.4, -0.2) is 29.0 Å². The Hall–Kier alpha value is -2.89. The molecule has 2 N–H and O–H groups in total. The lowest BCUT2D eigenvalue weighted by Gasteiger charge is -2.18. The first-order chi connectivity index (χ1) is 10.9. The second-order valence-corrected chi connectivity index (χ2v) is 5.37. The Labute approximate surface area is 132 Å². The van der Waals surface area contributed by atoms with Crippen LogP contribution in [0.5, 0.6) is 23.0 Å². The number of methoxy groups -OCH3 is 2.